The molecule has 110 valence electrons. The molecule has 0 heterocycles. The highest BCUT2D eigenvalue weighted by Gasteiger charge is 2.32. The van der Waals surface area contributed by atoms with Crippen molar-refractivity contribution in [1.29, 1.82) is 0 Å². The van der Waals surface area contributed by atoms with Gasteiger partial charge in [-0.25, -0.2) is 0 Å². The van der Waals surface area contributed by atoms with Crippen molar-refractivity contribution < 1.29 is 9.90 Å². The highest BCUT2D eigenvalue weighted by atomic mass is 16.3. The number of aliphatic hydroxyl groups excluding tert-OH is 1. The van der Waals surface area contributed by atoms with Gasteiger partial charge in [-0.3, -0.25) is 4.79 Å². The van der Waals surface area contributed by atoms with Crippen molar-refractivity contribution in [2.24, 2.45) is 5.92 Å². The van der Waals surface area contributed by atoms with Crippen molar-refractivity contribution in [3.8, 4) is 0 Å². The lowest BCUT2D eigenvalue weighted by molar-refractivity contribution is -0.125. The summed E-state index contributed by atoms with van der Waals surface area (Å²) in [6.07, 6.45) is 2.03. The standard InChI is InChI=1S/C17H25NO2/c1-12(19)16-10-15(8-9-17(16)20)14-6-4-13(5-7-14)11-18(2)3/h4-7,15-17,20H,8-11H2,1-3H3. The summed E-state index contributed by atoms with van der Waals surface area (Å²) in [4.78, 5) is 13.7. The van der Waals surface area contributed by atoms with Gasteiger partial charge in [-0.05, 0) is 57.3 Å². The van der Waals surface area contributed by atoms with E-state index in [4.69, 9.17) is 0 Å². The fourth-order valence-electron chi connectivity index (χ4n) is 3.15. The van der Waals surface area contributed by atoms with Gasteiger partial charge in [0.2, 0.25) is 0 Å². The number of benzene rings is 1. The van der Waals surface area contributed by atoms with Crippen LogP contribution in [0.4, 0.5) is 0 Å². The monoisotopic (exact) mass is 275 g/mol. The van der Waals surface area contributed by atoms with Gasteiger partial charge >= 0.3 is 0 Å². The summed E-state index contributed by atoms with van der Waals surface area (Å²) >= 11 is 0. The van der Waals surface area contributed by atoms with E-state index in [1.165, 1.54) is 11.1 Å². The second kappa shape index (κ2) is 6.51. The van der Waals surface area contributed by atoms with Crippen LogP contribution in [0.3, 0.4) is 0 Å². The largest absolute Gasteiger partial charge is 0.392 e. The number of hydrogen-bond acceptors (Lipinski definition) is 3. The molecule has 1 aliphatic carbocycles. The lowest BCUT2D eigenvalue weighted by Crippen LogP contribution is -2.32. The Morgan fingerprint density at radius 1 is 1.25 bits per heavy atom. The normalized spacial score (nSPS) is 26.8. The minimum atomic E-state index is -0.447. The molecule has 0 amide bonds. The van der Waals surface area contributed by atoms with Crippen LogP contribution in [0.5, 0.6) is 0 Å². The second-order valence-electron chi connectivity index (χ2n) is 6.27. The van der Waals surface area contributed by atoms with E-state index in [0.29, 0.717) is 5.92 Å². The highest BCUT2D eigenvalue weighted by Crippen LogP contribution is 2.36. The van der Waals surface area contributed by atoms with Gasteiger partial charge in [0.05, 0.1) is 6.10 Å². The number of hydrogen-bond donors (Lipinski definition) is 1. The first kappa shape index (κ1) is 15.2. The topological polar surface area (TPSA) is 40.5 Å². The maximum absolute atomic E-state index is 11.6. The average Bonchev–Trinajstić information content (AvgIpc) is 2.39. The summed E-state index contributed by atoms with van der Waals surface area (Å²) in [5.41, 5.74) is 2.60. The predicted molar refractivity (Wildman–Crippen MR) is 80.6 cm³/mol. The van der Waals surface area contributed by atoms with E-state index in [1.807, 2.05) is 0 Å². The van der Waals surface area contributed by atoms with E-state index in [0.717, 1.165) is 25.8 Å². The molecule has 0 aromatic heterocycles. The van der Waals surface area contributed by atoms with E-state index in [1.54, 1.807) is 6.92 Å². The third kappa shape index (κ3) is 3.68. The Labute approximate surface area is 121 Å². The van der Waals surface area contributed by atoms with Crippen LogP contribution in [0.25, 0.3) is 0 Å². The molecule has 1 fully saturated rings. The Morgan fingerprint density at radius 2 is 1.90 bits per heavy atom. The molecule has 3 nitrogen and oxygen atoms in total. The maximum Gasteiger partial charge on any atom is 0.135 e. The van der Waals surface area contributed by atoms with Crippen molar-refractivity contribution in [2.45, 2.75) is 44.8 Å². The van der Waals surface area contributed by atoms with Crippen molar-refractivity contribution in [1.82, 2.24) is 4.90 Å². The molecule has 3 unspecified atom stereocenters. The fourth-order valence-corrected chi connectivity index (χ4v) is 3.15. The number of ketones is 1. The highest BCUT2D eigenvalue weighted by molar-refractivity contribution is 5.79. The van der Waals surface area contributed by atoms with Crippen LogP contribution in [-0.4, -0.2) is 36.0 Å². The quantitative estimate of drug-likeness (QED) is 0.918. The first-order valence-electron chi connectivity index (χ1n) is 7.39. The molecule has 3 atom stereocenters. The van der Waals surface area contributed by atoms with E-state index >= 15 is 0 Å². The van der Waals surface area contributed by atoms with Crippen LogP contribution >= 0.6 is 0 Å². The number of carbonyl (C=O) groups excluding carboxylic acids is 1. The van der Waals surface area contributed by atoms with Gasteiger partial charge in [0.1, 0.15) is 5.78 Å². The Balaban J connectivity index is 2.06. The molecule has 0 saturated heterocycles. The molecule has 1 aliphatic rings. The van der Waals surface area contributed by atoms with Crippen LogP contribution in [0, 0.1) is 5.92 Å². The SMILES string of the molecule is CC(=O)C1CC(c2ccc(CN(C)C)cc2)CCC1O. The molecule has 0 aliphatic heterocycles. The molecule has 0 bridgehead atoms. The fraction of sp³-hybridized carbons (Fsp3) is 0.588. The van der Waals surface area contributed by atoms with Gasteiger partial charge in [0, 0.05) is 12.5 Å². The molecule has 1 saturated carbocycles. The Morgan fingerprint density at radius 3 is 2.45 bits per heavy atom. The molecule has 20 heavy (non-hydrogen) atoms. The number of Topliss-reactive ketones (excluding diaryl/α,β-unsaturated/α-hetero) is 1. The third-order valence-electron chi connectivity index (χ3n) is 4.29. The summed E-state index contributed by atoms with van der Waals surface area (Å²) in [5, 5.41) is 9.92. The zero-order valence-electron chi connectivity index (χ0n) is 12.7. The molecule has 0 spiro atoms. The summed E-state index contributed by atoms with van der Waals surface area (Å²) in [6, 6.07) is 8.70. The van der Waals surface area contributed by atoms with Gasteiger partial charge in [0.15, 0.2) is 0 Å². The Hall–Kier alpha value is -1.19. The zero-order valence-corrected chi connectivity index (χ0v) is 12.7. The van der Waals surface area contributed by atoms with Gasteiger partial charge in [-0.2, -0.15) is 0 Å². The van der Waals surface area contributed by atoms with Crippen LogP contribution in [0.2, 0.25) is 0 Å². The summed E-state index contributed by atoms with van der Waals surface area (Å²) in [5.74, 6) is 0.335. The molecule has 1 N–H and O–H groups in total. The van der Waals surface area contributed by atoms with Crippen LogP contribution in [0.1, 0.15) is 43.2 Å². The van der Waals surface area contributed by atoms with Crippen molar-refractivity contribution in [3.63, 3.8) is 0 Å². The summed E-state index contributed by atoms with van der Waals surface area (Å²) in [6.45, 7) is 2.54. The lowest BCUT2D eigenvalue weighted by atomic mass is 9.75. The second-order valence-corrected chi connectivity index (χ2v) is 6.27. The van der Waals surface area contributed by atoms with Gasteiger partial charge < -0.3 is 10.0 Å². The smallest absolute Gasteiger partial charge is 0.135 e. The number of rotatable bonds is 4. The Bertz CT molecular complexity index is 453. The first-order valence-corrected chi connectivity index (χ1v) is 7.39. The summed E-state index contributed by atoms with van der Waals surface area (Å²) < 4.78 is 0. The zero-order chi connectivity index (χ0) is 14.7. The third-order valence-corrected chi connectivity index (χ3v) is 4.29. The number of aliphatic hydroxyl groups is 1. The molecule has 1 aromatic carbocycles. The molecule has 2 rings (SSSR count). The maximum atomic E-state index is 11.6. The van der Waals surface area contributed by atoms with E-state index < -0.39 is 6.10 Å². The number of nitrogens with zero attached hydrogens (tertiary/aromatic N) is 1. The van der Waals surface area contributed by atoms with Gasteiger partial charge in [-0.15, -0.1) is 0 Å². The molecule has 0 radical (unpaired) electrons. The van der Waals surface area contributed by atoms with Crippen molar-refractivity contribution in [2.75, 3.05) is 14.1 Å². The van der Waals surface area contributed by atoms with Crippen LogP contribution < -0.4 is 0 Å². The molecular weight excluding hydrogens is 250 g/mol. The van der Waals surface area contributed by atoms with Crippen LogP contribution in [0.15, 0.2) is 24.3 Å². The first-order chi connectivity index (χ1) is 9.47. The minimum Gasteiger partial charge on any atom is -0.392 e. The van der Waals surface area contributed by atoms with Crippen molar-refractivity contribution >= 4 is 5.78 Å². The van der Waals surface area contributed by atoms with Gasteiger partial charge in [-0.1, -0.05) is 24.3 Å². The molecular formula is C17H25NO2. The molecule has 1 aromatic rings. The Kier molecular flexibility index (Phi) is 4.95. The minimum absolute atomic E-state index is 0.117. The number of carbonyl (C=O) groups is 1. The van der Waals surface area contributed by atoms with Gasteiger partial charge in [0.25, 0.3) is 0 Å². The average molecular weight is 275 g/mol. The van der Waals surface area contributed by atoms with E-state index in [2.05, 4.69) is 43.3 Å². The lowest BCUT2D eigenvalue weighted by Gasteiger charge is -2.32. The summed E-state index contributed by atoms with van der Waals surface area (Å²) in [7, 11) is 4.13. The van der Waals surface area contributed by atoms with E-state index in [9.17, 15) is 9.90 Å². The van der Waals surface area contributed by atoms with E-state index in [-0.39, 0.29) is 11.7 Å². The molecule has 3 heteroatoms. The van der Waals surface area contributed by atoms with Crippen LogP contribution in [-0.2, 0) is 11.3 Å². The predicted octanol–water partition coefficient (Wildman–Crippen LogP) is 2.58. The van der Waals surface area contributed by atoms with Crippen molar-refractivity contribution in [3.05, 3.63) is 35.4 Å².